The fourth-order valence-electron chi connectivity index (χ4n) is 0.297. The van der Waals surface area contributed by atoms with E-state index in [9.17, 15) is 4.79 Å². The molecule has 0 aromatic carbocycles. The summed E-state index contributed by atoms with van der Waals surface area (Å²) in [7, 11) is 0. The van der Waals surface area contributed by atoms with E-state index in [2.05, 4.69) is 16.0 Å². The Hall–Kier alpha value is -0.0505. The summed E-state index contributed by atoms with van der Waals surface area (Å²) in [6.07, 6.45) is 0. The molecule has 0 radical (unpaired) electrons. The molecule has 54 valence electrons. The summed E-state index contributed by atoms with van der Waals surface area (Å²) in [5, 5.41) is 8.37. The molecule has 1 atom stereocenters. The van der Waals surface area contributed by atoms with Crippen molar-refractivity contribution in [3.05, 3.63) is 0 Å². The Balaban J connectivity index is 4.04. The van der Waals surface area contributed by atoms with Crippen LogP contribution in [0.1, 0.15) is 13.8 Å². The standard InChI is InChI=1S/C5H11NO2Se/c1-5(2,9)3(6)4(7)8/h3,9H,6H2,1-2H3,(H,7,8)/p-1/t3-/m1/s1. The molecule has 3 nitrogen and oxygen atoms in total. The number of carboxylic acid groups (broad SMARTS) is 1. The third-order valence-corrected chi connectivity index (χ3v) is 1.55. The van der Waals surface area contributed by atoms with Gasteiger partial charge in [0.05, 0.1) is 0 Å². The normalized spacial score (nSPS) is 15.1. The molecular weight excluding hydrogens is 185 g/mol. The second-order valence-electron chi connectivity index (χ2n) is 2.42. The molecule has 3 N–H and O–H groups in total. The van der Waals surface area contributed by atoms with Crippen molar-refractivity contribution in [2.45, 2.75) is 24.2 Å². The first-order valence-corrected chi connectivity index (χ1v) is 3.40. The van der Waals surface area contributed by atoms with Crippen molar-refractivity contribution in [1.82, 2.24) is 0 Å². The van der Waals surface area contributed by atoms with Crippen molar-refractivity contribution in [2.24, 2.45) is 5.73 Å². The Morgan fingerprint density at radius 2 is 2.11 bits per heavy atom. The Morgan fingerprint density at radius 3 is 2.11 bits per heavy atom. The molecule has 0 spiro atoms. The van der Waals surface area contributed by atoms with Gasteiger partial charge in [0.2, 0.25) is 0 Å². The van der Waals surface area contributed by atoms with Crippen LogP contribution in [0.3, 0.4) is 0 Å². The molecule has 0 amide bonds. The fourth-order valence-corrected chi connectivity index (χ4v) is 0.509. The van der Waals surface area contributed by atoms with Gasteiger partial charge in [-0.1, -0.05) is 0 Å². The van der Waals surface area contributed by atoms with E-state index in [4.69, 9.17) is 10.8 Å². The van der Waals surface area contributed by atoms with Gasteiger partial charge in [0.25, 0.3) is 0 Å². The topological polar surface area (TPSA) is 63.3 Å². The van der Waals surface area contributed by atoms with Gasteiger partial charge in [0, 0.05) is 0 Å². The van der Waals surface area contributed by atoms with Crippen molar-refractivity contribution in [1.29, 1.82) is 0 Å². The van der Waals surface area contributed by atoms with Crippen molar-refractivity contribution >= 4 is 22.0 Å². The van der Waals surface area contributed by atoms with Crippen LogP contribution in [-0.2, 0) is 4.79 Å². The van der Waals surface area contributed by atoms with Gasteiger partial charge in [-0.3, -0.25) is 0 Å². The summed E-state index contributed by atoms with van der Waals surface area (Å²) in [5.74, 6) is -0.973. The molecule has 0 aromatic rings. The molecule has 0 heterocycles. The van der Waals surface area contributed by atoms with Gasteiger partial charge >= 0.3 is 61.8 Å². The molecule has 0 unspecified atom stereocenters. The molecule has 0 aliphatic carbocycles. The molecule has 0 saturated carbocycles. The second-order valence-corrected chi connectivity index (χ2v) is 4.63. The first kappa shape index (κ1) is 8.95. The van der Waals surface area contributed by atoms with Crippen molar-refractivity contribution in [3.8, 4) is 0 Å². The molecular formula is C5H10NO2Se-. The van der Waals surface area contributed by atoms with E-state index in [1.807, 2.05) is 0 Å². The van der Waals surface area contributed by atoms with Gasteiger partial charge < -0.3 is 0 Å². The molecule has 0 aliphatic rings. The Labute approximate surface area is 62.4 Å². The van der Waals surface area contributed by atoms with Crippen LogP contribution < -0.4 is 5.73 Å². The summed E-state index contributed by atoms with van der Waals surface area (Å²) in [6, 6.07) is -0.822. The average molecular weight is 195 g/mol. The zero-order valence-electron chi connectivity index (χ0n) is 5.42. The van der Waals surface area contributed by atoms with Gasteiger partial charge in [-0.05, 0) is 0 Å². The number of hydrogen-bond donors (Lipinski definition) is 2. The van der Waals surface area contributed by atoms with E-state index in [-0.39, 0.29) is 0 Å². The molecule has 0 rings (SSSR count). The fraction of sp³-hybridized carbons (Fsp3) is 0.800. The van der Waals surface area contributed by atoms with E-state index >= 15 is 0 Å². The van der Waals surface area contributed by atoms with E-state index in [0.717, 1.165) is 0 Å². The van der Waals surface area contributed by atoms with Crippen LogP contribution in [0.5, 0.6) is 0 Å². The number of hydrogen-bond acceptors (Lipinski definition) is 2. The van der Waals surface area contributed by atoms with Gasteiger partial charge in [0.15, 0.2) is 0 Å². The average Bonchev–Trinajstić information content (AvgIpc) is 1.62. The van der Waals surface area contributed by atoms with Crippen LogP contribution >= 0.6 is 0 Å². The molecule has 4 heteroatoms. The van der Waals surface area contributed by atoms with Crippen LogP contribution in [0.15, 0.2) is 0 Å². The van der Waals surface area contributed by atoms with E-state index in [1.165, 1.54) is 0 Å². The Morgan fingerprint density at radius 1 is 1.78 bits per heavy atom. The zero-order valence-corrected chi connectivity index (χ0v) is 7.13. The number of aliphatic carboxylic acids is 1. The van der Waals surface area contributed by atoms with Gasteiger partial charge in [-0.2, -0.15) is 0 Å². The Kier molecular flexibility index (Phi) is 2.67. The summed E-state index contributed by atoms with van der Waals surface area (Å²) in [5.41, 5.74) is 5.26. The Bertz CT molecular complexity index is 119. The predicted octanol–water partition coefficient (Wildman–Crippen LogP) is -0.235. The predicted molar refractivity (Wildman–Crippen MR) is 35.4 cm³/mol. The number of nitrogens with two attached hydrogens (primary N) is 1. The first-order valence-electron chi connectivity index (χ1n) is 2.54. The number of rotatable bonds is 2. The third-order valence-electron chi connectivity index (χ3n) is 1.02. The second kappa shape index (κ2) is 2.69. The van der Waals surface area contributed by atoms with E-state index < -0.39 is 16.3 Å². The van der Waals surface area contributed by atoms with Crippen molar-refractivity contribution in [2.75, 3.05) is 0 Å². The van der Waals surface area contributed by atoms with E-state index in [0.29, 0.717) is 0 Å². The monoisotopic (exact) mass is 196 g/mol. The zero-order chi connectivity index (χ0) is 7.65. The molecule has 0 saturated heterocycles. The molecule has 0 fully saturated rings. The third kappa shape index (κ3) is 2.84. The van der Waals surface area contributed by atoms with E-state index in [1.54, 1.807) is 13.8 Å². The van der Waals surface area contributed by atoms with Crippen LogP contribution in [0.2, 0.25) is 4.31 Å². The van der Waals surface area contributed by atoms with Gasteiger partial charge in [-0.15, -0.1) is 0 Å². The summed E-state index contributed by atoms with van der Waals surface area (Å²) < 4.78 is -0.466. The first-order chi connectivity index (χ1) is 3.85. The van der Waals surface area contributed by atoms with Gasteiger partial charge in [0.1, 0.15) is 0 Å². The minimum absolute atomic E-state index is 0.466. The summed E-state index contributed by atoms with van der Waals surface area (Å²) in [6.45, 7) is 3.48. The van der Waals surface area contributed by atoms with Crippen molar-refractivity contribution < 1.29 is 9.90 Å². The number of carboxylic acids is 1. The summed E-state index contributed by atoms with van der Waals surface area (Å²) in [4.78, 5) is 10.2. The quantitative estimate of drug-likeness (QED) is 0.598. The maximum atomic E-state index is 10.2. The SMILES string of the molecule is CC(C)([Se-])[C@H](N)C(=O)O. The molecule has 9 heavy (non-hydrogen) atoms. The van der Waals surface area contributed by atoms with Crippen molar-refractivity contribution in [3.63, 3.8) is 0 Å². The van der Waals surface area contributed by atoms with Crippen LogP contribution in [0.25, 0.3) is 0 Å². The van der Waals surface area contributed by atoms with Crippen LogP contribution in [0, 0.1) is 0 Å². The number of carbonyl (C=O) groups is 1. The van der Waals surface area contributed by atoms with Gasteiger partial charge in [-0.25, -0.2) is 0 Å². The minimum atomic E-state index is -0.973. The summed E-state index contributed by atoms with van der Waals surface area (Å²) >= 11 is 2.69. The van der Waals surface area contributed by atoms with Crippen LogP contribution in [0.4, 0.5) is 0 Å². The molecule has 0 aliphatic heterocycles. The van der Waals surface area contributed by atoms with Crippen LogP contribution in [-0.4, -0.2) is 33.1 Å². The molecule has 0 bridgehead atoms. The maximum absolute atomic E-state index is 10.2. The molecule has 0 aromatic heterocycles.